The topological polar surface area (TPSA) is 12.0 Å². The van der Waals surface area contributed by atoms with Gasteiger partial charge in [-0.25, -0.2) is 0 Å². The fraction of sp³-hybridized carbons (Fsp3) is 0.647. The van der Waals surface area contributed by atoms with Crippen molar-refractivity contribution in [3.05, 3.63) is 34.9 Å². The average molecular weight is 245 g/mol. The second kappa shape index (κ2) is 5.88. The molecule has 0 radical (unpaired) electrons. The molecule has 0 spiro atoms. The van der Waals surface area contributed by atoms with Crippen LogP contribution in [0, 0.1) is 5.92 Å². The Morgan fingerprint density at radius 1 is 1.11 bits per heavy atom. The maximum atomic E-state index is 3.56. The van der Waals surface area contributed by atoms with E-state index in [0.29, 0.717) is 11.8 Å². The molecule has 0 aliphatic carbocycles. The van der Waals surface area contributed by atoms with Crippen molar-refractivity contribution in [3.8, 4) is 0 Å². The van der Waals surface area contributed by atoms with E-state index >= 15 is 0 Å². The molecule has 2 rings (SSSR count). The first-order valence-corrected chi connectivity index (χ1v) is 7.43. The van der Waals surface area contributed by atoms with Crippen LogP contribution >= 0.6 is 0 Å². The molecule has 0 amide bonds. The molecule has 1 heterocycles. The zero-order chi connectivity index (χ0) is 13.1. The SMILES string of the molecule is CC(C)c1cccc2c1C(C(C)C)CCNCC2. The summed E-state index contributed by atoms with van der Waals surface area (Å²) < 4.78 is 0. The third-order valence-corrected chi connectivity index (χ3v) is 4.23. The minimum Gasteiger partial charge on any atom is -0.316 e. The van der Waals surface area contributed by atoms with E-state index in [1.54, 1.807) is 16.7 Å². The first-order chi connectivity index (χ1) is 8.61. The van der Waals surface area contributed by atoms with Crippen LogP contribution in [0.4, 0.5) is 0 Å². The molecule has 1 unspecified atom stereocenters. The average Bonchev–Trinajstić information content (AvgIpc) is 2.28. The number of nitrogens with one attached hydrogen (secondary N) is 1. The number of hydrogen-bond donors (Lipinski definition) is 1. The summed E-state index contributed by atoms with van der Waals surface area (Å²) in [5.41, 5.74) is 4.82. The largest absolute Gasteiger partial charge is 0.316 e. The van der Waals surface area contributed by atoms with Crippen molar-refractivity contribution < 1.29 is 0 Å². The van der Waals surface area contributed by atoms with Crippen molar-refractivity contribution in [2.24, 2.45) is 5.92 Å². The van der Waals surface area contributed by atoms with Gasteiger partial charge in [-0.2, -0.15) is 0 Å². The van der Waals surface area contributed by atoms with Crippen LogP contribution in [0.5, 0.6) is 0 Å². The summed E-state index contributed by atoms with van der Waals surface area (Å²) in [7, 11) is 0. The highest BCUT2D eigenvalue weighted by molar-refractivity contribution is 5.41. The molecule has 1 heteroatoms. The lowest BCUT2D eigenvalue weighted by molar-refractivity contribution is 0.437. The molecule has 1 aromatic carbocycles. The fourth-order valence-electron chi connectivity index (χ4n) is 3.22. The molecule has 1 aromatic rings. The van der Waals surface area contributed by atoms with E-state index in [0.717, 1.165) is 19.0 Å². The van der Waals surface area contributed by atoms with Gasteiger partial charge in [0.1, 0.15) is 0 Å². The molecule has 100 valence electrons. The first-order valence-electron chi connectivity index (χ1n) is 7.43. The summed E-state index contributed by atoms with van der Waals surface area (Å²) in [4.78, 5) is 0. The van der Waals surface area contributed by atoms with Gasteiger partial charge in [-0.1, -0.05) is 45.9 Å². The molecular weight excluding hydrogens is 218 g/mol. The van der Waals surface area contributed by atoms with E-state index in [1.807, 2.05) is 0 Å². The van der Waals surface area contributed by atoms with Crippen LogP contribution in [0.3, 0.4) is 0 Å². The van der Waals surface area contributed by atoms with Gasteiger partial charge in [0.15, 0.2) is 0 Å². The predicted molar refractivity (Wildman–Crippen MR) is 79.3 cm³/mol. The van der Waals surface area contributed by atoms with Crippen molar-refractivity contribution in [3.63, 3.8) is 0 Å². The minimum absolute atomic E-state index is 0.633. The number of hydrogen-bond acceptors (Lipinski definition) is 1. The third kappa shape index (κ3) is 2.77. The van der Waals surface area contributed by atoms with E-state index in [-0.39, 0.29) is 0 Å². The summed E-state index contributed by atoms with van der Waals surface area (Å²) in [5.74, 6) is 2.07. The normalized spacial score (nSPS) is 20.7. The van der Waals surface area contributed by atoms with Crippen molar-refractivity contribution in [1.82, 2.24) is 5.32 Å². The maximum absolute atomic E-state index is 3.56. The molecule has 0 bridgehead atoms. The van der Waals surface area contributed by atoms with Gasteiger partial charge in [-0.05, 0) is 60.4 Å². The van der Waals surface area contributed by atoms with Gasteiger partial charge >= 0.3 is 0 Å². The Labute approximate surface area is 112 Å². The van der Waals surface area contributed by atoms with Crippen molar-refractivity contribution >= 4 is 0 Å². The highest BCUT2D eigenvalue weighted by Gasteiger charge is 2.23. The maximum Gasteiger partial charge on any atom is -0.000824 e. The van der Waals surface area contributed by atoms with Crippen LogP contribution < -0.4 is 5.32 Å². The molecule has 1 aliphatic rings. The Hall–Kier alpha value is -0.820. The second-order valence-electron chi connectivity index (χ2n) is 6.21. The molecule has 1 atom stereocenters. The molecule has 18 heavy (non-hydrogen) atoms. The van der Waals surface area contributed by atoms with Gasteiger partial charge in [0.25, 0.3) is 0 Å². The zero-order valence-electron chi connectivity index (χ0n) is 12.3. The quantitative estimate of drug-likeness (QED) is 0.827. The molecule has 0 aromatic heterocycles. The zero-order valence-corrected chi connectivity index (χ0v) is 12.3. The Balaban J connectivity index is 2.51. The van der Waals surface area contributed by atoms with E-state index in [4.69, 9.17) is 0 Å². The van der Waals surface area contributed by atoms with Crippen LogP contribution in [0.2, 0.25) is 0 Å². The summed E-state index contributed by atoms with van der Waals surface area (Å²) in [6, 6.07) is 6.92. The van der Waals surface area contributed by atoms with E-state index < -0.39 is 0 Å². The minimum atomic E-state index is 0.633. The van der Waals surface area contributed by atoms with E-state index in [9.17, 15) is 0 Å². The molecular formula is C17H27N. The highest BCUT2D eigenvalue weighted by Crippen LogP contribution is 2.36. The van der Waals surface area contributed by atoms with Crippen molar-refractivity contribution in [2.45, 2.75) is 52.4 Å². The van der Waals surface area contributed by atoms with Crippen LogP contribution in [0.1, 0.15) is 62.6 Å². The van der Waals surface area contributed by atoms with Crippen LogP contribution in [-0.2, 0) is 6.42 Å². The second-order valence-corrected chi connectivity index (χ2v) is 6.21. The molecule has 0 saturated heterocycles. The van der Waals surface area contributed by atoms with Crippen molar-refractivity contribution in [2.75, 3.05) is 13.1 Å². The Bertz CT molecular complexity index is 393. The molecule has 1 N–H and O–H groups in total. The highest BCUT2D eigenvalue weighted by atomic mass is 14.8. The van der Waals surface area contributed by atoms with Crippen LogP contribution in [0.15, 0.2) is 18.2 Å². The molecule has 0 fully saturated rings. The van der Waals surface area contributed by atoms with Gasteiger partial charge in [0, 0.05) is 0 Å². The van der Waals surface area contributed by atoms with Gasteiger partial charge in [-0.15, -0.1) is 0 Å². The van der Waals surface area contributed by atoms with E-state index in [1.165, 1.54) is 12.8 Å². The fourth-order valence-corrected chi connectivity index (χ4v) is 3.22. The molecule has 0 saturated carbocycles. The number of rotatable bonds is 2. The predicted octanol–water partition coefficient (Wildman–Crippen LogP) is 4.09. The summed E-state index contributed by atoms with van der Waals surface area (Å²) in [5, 5.41) is 3.56. The Kier molecular flexibility index (Phi) is 4.45. The standard InChI is InChI=1S/C17H27N/c1-12(2)15-7-5-6-14-8-10-18-11-9-16(13(3)4)17(14)15/h5-7,12-13,16,18H,8-11H2,1-4H3. The lowest BCUT2D eigenvalue weighted by atomic mass is 9.77. The Morgan fingerprint density at radius 3 is 2.56 bits per heavy atom. The van der Waals surface area contributed by atoms with Crippen LogP contribution in [-0.4, -0.2) is 13.1 Å². The first kappa shape index (κ1) is 13.6. The van der Waals surface area contributed by atoms with Crippen molar-refractivity contribution in [1.29, 1.82) is 0 Å². The Morgan fingerprint density at radius 2 is 1.89 bits per heavy atom. The van der Waals surface area contributed by atoms with Gasteiger partial charge in [0.05, 0.1) is 0 Å². The molecule has 1 nitrogen and oxygen atoms in total. The smallest absolute Gasteiger partial charge is 0.000824 e. The van der Waals surface area contributed by atoms with Crippen LogP contribution in [0.25, 0.3) is 0 Å². The lowest BCUT2D eigenvalue weighted by Crippen LogP contribution is -2.27. The molecule has 1 aliphatic heterocycles. The lowest BCUT2D eigenvalue weighted by Gasteiger charge is -2.30. The number of benzene rings is 1. The van der Waals surface area contributed by atoms with Gasteiger partial charge in [0.2, 0.25) is 0 Å². The monoisotopic (exact) mass is 245 g/mol. The van der Waals surface area contributed by atoms with Gasteiger partial charge < -0.3 is 5.32 Å². The van der Waals surface area contributed by atoms with E-state index in [2.05, 4.69) is 51.2 Å². The third-order valence-electron chi connectivity index (χ3n) is 4.23. The summed E-state index contributed by atoms with van der Waals surface area (Å²) in [6.45, 7) is 11.7. The number of fused-ring (bicyclic) bond motifs is 1. The summed E-state index contributed by atoms with van der Waals surface area (Å²) in [6.07, 6.45) is 2.45. The van der Waals surface area contributed by atoms with Gasteiger partial charge in [-0.3, -0.25) is 0 Å². The summed E-state index contributed by atoms with van der Waals surface area (Å²) >= 11 is 0.